The summed E-state index contributed by atoms with van der Waals surface area (Å²) >= 11 is 0. The van der Waals surface area contributed by atoms with Gasteiger partial charge in [0.05, 0.1) is 11.3 Å². The second-order valence-electron chi connectivity index (χ2n) is 4.25. The van der Waals surface area contributed by atoms with Gasteiger partial charge in [0.2, 0.25) is 0 Å². The van der Waals surface area contributed by atoms with E-state index in [1.807, 2.05) is 0 Å². The monoisotopic (exact) mass is 309 g/mol. The minimum Gasteiger partial charge on any atom is -0.478 e. The molecule has 0 heterocycles. The third-order valence-corrected chi connectivity index (χ3v) is 4.77. The van der Waals surface area contributed by atoms with Crippen molar-refractivity contribution in [3.05, 3.63) is 59.9 Å². The second kappa shape index (κ2) is 5.53. The molecule has 0 saturated heterocycles. The molecular weight excluding hydrogens is 297 g/mol. The molecule has 2 aromatic carbocycles. The Labute approximate surface area is 121 Å². The molecule has 0 bridgehead atoms. The predicted octanol–water partition coefficient (Wildman–Crippen LogP) is 2.35. The summed E-state index contributed by atoms with van der Waals surface area (Å²) in [5, 5.41) is 8.81. The summed E-state index contributed by atoms with van der Waals surface area (Å²) < 4.78 is 39.2. The van der Waals surface area contributed by atoms with E-state index < -0.39 is 26.7 Å². The molecule has 0 amide bonds. The van der Waals surface area contributed by atoms with Gasteiger partial charge < -0.3 is 5.11 Å². The number of carboxylic acids is 1. The third-order valence-electron chi connectivity index (χ3n) is 2.95. The third kappa shape index (κ3) is 2.87. The zero-order chi connectivity index (χ0) is 15.6. The van der Waals surface area contributed by atoms with Crippen LogP contribution in [0.1, 0.15) is 10.4 Å². The van der Waals surface area contributed by atoms with Crippen LogP contribution < -0.4 is 4.31 Å². The topological polar surface area (TPSA) is 74.7 Å². The Morgan fingerprint density at radius 1 is 1.10 bits per heavy atom. The summed E-state index contributed by atoms with van der Waals surface area (Å²) in [4.78, 5) is 10.3. The molecule has 0 aliphatic heterocycles. The van der Waals surface area contributed by atoms with Gasteiger partial charge in [-0.25, -0.2) is 17.6 Å². The lowest BCUT2D eigenvalue weighted by Crippen LogP contribution is -2.27. The fourth-order valence-electron chi connectivity index (χ4n) is 1.75. The molecular formula is C14H12FNO4S. The first-order valence-electron chi connectivity index (χ1n) is 5.91. The van der Waals surface area contributed by atoms with Crippen LogP contribution in [-0.2, 0) is 10.0 Å². The highest BCUT2D eigenvalue weighted by Gasteiger charge is 2.24. The fourth-order valence-corrected chi connectivity index (χ4v) is 3.01. The van der Waals surface area contributed by atoms with Crippen molar-refractivity contribution in [1.29, 1.82) is 0 Å². The van der Waals surface area contributed by atoms with E-state index in [0.717, 1.165) is 10.4 Å². The molecule has 5 nitrogen and oxygen atoms in total. The highest BCUT2D eigenvalue weighted by molar-refractivity contribution is 7.92. The van der Waals surface area contributed by atoms with E-state index in [1.54, 1.807) is 0 Å². The van der Waals surface area contributed by atoms with Crippen molar-refractivity contribution in [2.75, 3.05) is 11.4 Å². The van der Waals surface area contributed by atoms with Gasteiger partial charge in [-0.05, 0) is 36.4 Å². The molecule has 7 heteroatoms. The predicted molar refractivity (Wildman–Crippen MR) is 75.4 cm³/mol. The van der Waals surface area contributed by atoms with Crippen LogP contribution in [-0.4, -0.2) is 26.5 Å². The molecule has 21 heavy (non-hydrogen) atoms. The van der Waals surface area contributed by atoms with Crippen LogP contribution >= 0.6 is 0 Å². The number of benzene rings is 2. The average Bonchev–Trinajstić information content (AvgIpc) is 2.46. The fraction of sp³-hybridized carbons (Fsp3) is 0.0714. The first-order valence-corrected chi connectivity index (χ1v) is 7.35. The Hall–Kier alpha value is -2.41. The van der Waals surface area contributed by atoms with Crippen LogP contribution in [0.25, 0.3) is 0 Å². The number of sulfonamides is 1. The molecule has 2 rings (SSSR count). The summed E-state index contributed by atoms with van der Waals surface area (Å²) in [6, 6.07) is 10.3. The van der Waals surface area contributed by atoms with E-state index in [0.29, 0.717) is 0 Å². The molecule has 0 unspecified atom stereocenters. The second-order valence-corrected chi connectivity index (χ2v) is 6.19. The lowest BCUT2D eigenvalue weighted by atomic mass is 10.2. The molecule has 0 aromatic heterocycles. The van der Waals surface area contributed by atoms with Crippen molar-refractivity contribution < 1.29 is 22.7 Å². The summed E-state index contributed by atoms with van der Waals surface area (Å²) in [5.41, 5.74) is 0.277. The lowest BCUT2D eigenvalue weighted by Gasteiger charge is -2.19. The molecule has 0 radical (unpaired) electrons. The van der Waals surface area contributed by atoms with Gasteiger partial charge in [0, 0.05) is 7.05 Å². The first-order chi connectivity index (χ1) is 9.84. The number of carboxylic acid groups (broad SMARTS) is 1. The molecule has 0 atom stereocenters. The van der Waals surface area contributed by atoms with Crippen LogP contribution in [0.2, 0.25) is 0 Å². The summed E-state index contributed by atoms with van der Waals surface area (Å²) in [6.45, 7) is 0. The van der Waals surface area contributed by atoms with E-state index in [-0.39, 0.29) is 11.3 Å². The van der Waals surface area contributed by atoms with E-state index in [2.05, 4.69) is 0 Å². The van der Waals surface area contributed by atoms with Crippen LogP contribution in [0.5, 0.6) is 0 Å². The van der Waals surface area contributed by atoms with Gasteiger partial charge in [-0.15, -0.1) is 0 Å². The van der Waals surface area contributed by atoms with Gasteiger partial charge >= 0.3 is 5.97 Å². The van der Waals surface area contributed by atoms with Crippen molar-refractivity contribution in [2.45, 2.75) is 4.90 Å². The van der Waals surface area contributed by atoms with Gasteiger partial charge in [-0.2, -0.15) is 0 Å². The maximum Gasteiger partial charge on any atom is 0.335 e. The Balaban J connectivity index is 2.41. The highest BCUT2D eigenvalue weighted by Crippen LogP contribution is 2.24. The molecule has 0 spiro atoms. The number of hydrogen-bond donors (Lipinski definition) is 1. The summed E-state index contributed by atoms with van der Waals surface area (Å²) in [6.07, 6.45) is 0. The van der Waals surface area contributed by atoms with Crippen molar-refractivity contribution in [3.8, 4) is 0 Å². The first kappa shape index (κ1) is 15.0. The van der Waals surface area contributed by atoms with Gasteiger partial charge in [-0.3, -0.25) is 4.31 Å². The standard InChI is InChI=1S/C14H12FNO4S/c1-16(11-8-6-10(7-9-11)14(17)18)21(19,20)13-5-3-2-4-12(13)15/h2-9H,1H3,(H,17,18). The van der Waals surface area contributed by atoms with E-state index in [4.69, 9.17) is 5.11 Å². The number of hydrogen-bond acceptors (Lipinski definition) is 3. The van der Waals surface area contributed by atoms with Crippen molar-refractivity contribution >= 4 is 21.7 Å². The Kier molecular flexibility index (Phi) is 3.95. The molecule has 0 aliphatic rings. The highest BCUT2D eigenvalue weighted by atomic mass is 32.2. The van der Waals surface area contributed by atoms with Gasteiger partial charge in [0.25, 0.3) is 10.0 Å². The summed E-state index contributed by atoms with van der Waals surface area (Å²) in [5.74, 6) is -1.95. The zero-order valence-electron chi connectivity index (χ0n) is 11.0. The quantitative estimate of drug-likeness (QED) is 0.940. The van der Waals surface area contributed by atoms with E-state index >= 15 is 0 Å². The Morgan fingerprint density at radius 3 is 2.19 bits per heavy atom. The number of carbonyl (C=O) groups is 1. The Morgan fingerprint density at radius 2 is 1.67 bits per heavy atom. The molecule has 1 N–H and O–H groups in total. The van der Waals surface area contributed by atoms with Crippen LogP contribution in [0, 0.1) is 5.82 Å². The smallest absolute Gasteiger partial charge is 0.335 e. The normalized spacial score (nSPS) is 11.1. The zero-order valence-corrected chi connectivity index (χ0v) is 11.8. The minimum atomic E-state index is -4.04. The number of anilines is 1. The van der Waals surface area contributed by atoms with Crippen LogP contribution in [0.15, 0.2) is 53.4 Å². The van der Waals surface area contributed by atoms with Crippen LogP contribution in [0.3, 0.4) is 0 Å². The van der Waals surface area contributed by atoms with Crippen molar-refractivity contribution in [3.63, 3.8) is 0 Å². The summed E-state index contributed by atoms with van der Waals surface area (Å²) in [7, 11) is -2.77. The van der Waals surface area contributed by atoms with Gasteiger partial charge in [0.15, 0.2) is 0 Å². The largest absolute Gasteiger partial charge is 0.478 e. The van der Waals surface area contributed by atoms with Crippen LogP contribution in [0.4, 0.5) is 10.1 Å². The number of aromatic carboxylic acids is 1. The molecule has 0 aliphatic carbocycles. The molecule has 2 aromatic rings. The van der Waals surface area contributed by atoms with E-state index in [9.17, 15) is 17.6 Å². The molecule has 0 fully saturated rings. The molecule has 110 valence electrons. The lowest BCUT2D eigenvalue weighted by molar-refractivity contribution is 0.0697. The SMILES string of the molecule is CN(c1ccc(C(=O)O)cc1)S(=O)(=O)c1ccccc1F. The van der Waals surface area contributed by atoms with E-state index in [1.165, 1.54) is 49.5 Å². The van der Waals surface area contributed by atoms with Gasteiger partial charge in [0.1, 0.15) is 10.7 Å². The number of nitrogens with zero attached hydrogens (tertiary/aromatic N) is 1. The maximum atomic E-state index is 13.6. The maximum absolute atomic E-state index is 13.6. The Bertz CT molecular complexity index is 772. The number of rotatable bonds is 4. The average molecular weight is 309 g/mol. The van der Waals surface area contributed by atoms with Crippen molar-refractivity contribution in [1.82, 2.24) is 0 Å². The van der Waals surface area contributed by atoms with Gasteiger partial charge in [-0.1, -0.05) is 12.1 Å². The van der Waals surface area contributed by atoms with Crippen molar-refractivity contribution in [2.24, 2.45) is 0 Å². The minimum absolute atomic E-state index is 0.0374. The molecule has 0 saturated carbocycles. The number of halogens is 1.